The second kappa shape index (κ2) is 10.1. The van der Waals surface area contributed by atoms with Crippen molar-refractivity contribution in [2.24, 2.45) is 0 Å². The summed E-state index contributed by atoms with van der Waals surface area (Å²) in [5.74, 6) is -1.81. The first-order valence-corrected chi connectivity index (χ1v) is 9.98. The first kappa shape index (κ1) is 22.5. The van der Waals surface area contributed by atoms with Crippen LogP contribution < -0.4 is 10.6 Å². The molecule has 0 aliphatic carbocycles. The quantitative estimate of drug-likeness (QED) is 0.434. The first-order valence-electron chi connectivity index (χ1n) is 8.72. The zero-order chi connectivity index (χ0) is 21.6. The van der Waals surface area contributed by atoms with Gasteiger partial charge < -0.3 is 15.7 Å². The van der Waals surface area contributed by atoms with E-state index in [-0.39, 0.29) is 16.7 Å². The lowest BCUT2D eigenvalue weighted by Crippen LogP contribution is -2.22. The van der Waals surface area contributed by atoms with Crippen molar-refractivity contribution in [1.29, 1.82) is 0 Å². The molecule has 1 atom stereocenters. The number of aliphatic carboxylic acids is 1. The van der Waals surface area contributed by atoms with E-state index in [0.29, 0.717) is 16.4 Å². The molecule has 0 fully saturated rings. The van der Waals surface area contributed by atoms with Crippen molar-refractivity contribution in [3.05, 3.63) is 64.7 Å². The minimum Gasteiger partial charge on any atom is -0.478 e. The number of carbonyl (C=O) groups is 3. The standard InChI is InChI=1S/C21H21ClN2O4S/c1-12(21(27)28)11-19(25)23-15-7-9-16(10-8-15)29-14(3)20(26)24-18-6-4-5-17(22)13(18)2/h4-11,14H,1-3H3,(H,23,25)(H,24,26)(H,27,28)/b12-11-. The fourth-order valence-corrected chi connectivity index (χ4v) is 3.33. The number of thioether (sulfide) groups is 1. The summed E-state index contributed by atoms with van der Waals surface area (Å²) in [6.07, 6.45) is 1.02. The van der Waals surface area contributed by atoms with Crippen LogP contribution in [0.3, 0.4) is 0 Å². The average molecular weight is 433 g/mol. The van der Waals surface area contributed by atoms with Crippen LogP contribution in [0, 0.1) is 6.92 Å². The van der Waals surface area contributed by atoms with Gasteiger partial charge in [0.05, 0.1) is 5.25 Å². The average Bonchev–Trinajstić information content (AvgIpc) is 2.66. The molecule has 0 aliphatic rings. The second-order valence-electron chi connectivity index (χ2n) is 6.31. The van der Waals surface area contributed by atoms with Crippen molar-refractivity contribution in [3.8, 4) is 0 Å². The van der Waals surface area contributed by atoms with E-state index < -0.39 is 11.9 Å². The second-order valence-corrected chi connectivity index (χ2v) is 8.13. The van der Waals surface area contributed by atoms with Gasteiger partial charge in [-0.15, -0.1) is 11.8 Å². The Balaban J connectivity index is 1.95. The van der Waals surface area contributed by atoms with Crippen molar-refractivity contribution in [2.75, 3.05) is 10.6 Å². The van der Waals surface area contributed by atoms with E-state index in [1.807, 2.05) is 6.92 Å². The molecule has 6 nitrogen and oxygen atoms in total. The van der Waals surface area contributed by atoms with E-state index in [4.69, 9.17) is 16.7 Å². The Labute approximate surface area is 178 Å². The Bertz CT molecular complexity index is 958. The topological polar surface area (TPSA) is 95.5 Å². The predicted molar refractivity (Wildman–Crippen MR) is 117 cm³/mol. The zero-order valence-electron chi connectivity index (χ0n) is 16.2. The van der Waals surface area contributed by atoms with Crippen molar-refractivity contribution < 1.29 is 19.5 Å². The fraction of sp³-hybridized carbons (Fsp3) is 0.190. The van der Waals surface area contributed by atoms with Crippen molar-refractivity contribution in [3.63, 3.8) is 0 Å². The van der Waals surface area contributed by atoms with Crippen LogP contribution in [-0.2, 0) is 14.4 Å². The van der Waals surface area contributed by atoms with Gasteiger partial charge in [-0.1, -0.05) is 17.7 Å². The minimum atomic E-state index is -1.15. The molecular formula is C21H21ClN2O4S. The van der Waals surface area contributed by atoms with Gasteiger partial charge in [-0.25, -0.2) is 4.79 Å². The van der Waals surface area contributed by atoms with Crippen LogP contribution >= 0.6 is 23.4 Å². The van der Waals surface area contributed by atoms with Gasteiger partial charge >= 0.3 is 5.97 Å². The monoisotopic (exact) mass is 432 g/mol. The van der Waals surface area contributed by atoms with Crippen molar-refractivity contribution in [1.82, 2.24) is 0 Å². The van der Waals surface area contributed by atoms with E-state index in [1.54, 1.807) is 49.4 Å². The Morgan fingerprint density at radius 3 is 2.38 bits per heavy atom. The van der Waals surface area contributed by atoms with Gasteiger partial charge in [0.25, 0.3) is 0 Å². The highest BCUT2D eigenvalue weighted by atomic mass is 35.5. The molecule has 1 unspecified atom stereocenters. The molecule has 2 aromatic rings. The highest BCUT2D eigenvalue weighted by molar-refractivity contribution is 8.00. The number of carboxylic acids is 1. The summed E-state index contributed by atoms with van der Waals surface area (Å²) in [6.45, 7) is 4.99. The molecule has 0 heterocycles. The first-order chi connectivity index (χ1) is 13.7. The summed E-state index contributed by atoms with van der Waals surface area (Å²) in [5.41, 5.74) is 1.97. The number of benzene rings is 2. The molecule has 3 N–H and O–H groups in total. The summed E-state index contributed by atoms with van der Waals surface area (Å²) in [5, 5.41) is 14.5. The number of carboxylic acid groups (broad SMARTS) is 1. The van der Waals surface area contributed by atoms with E-state index in [0.717, 1.165) is 16.5 Å². The third kappa shape index (κ3) is 6.66. The summed E-state index contributed by atoms with van der Waals surface area (Å²) in [6, 6.07) is 12.3. The van der Waals surface area contributed by atoms with Crippen molar-refractivity contribution >= 4 is 52.5 Å². The highest BCUT2D eigenvalue weighted by Crippen LogP contribution is 2.27. The fourth-order valence-electron chi connectivity index (χ4n) is 2.29. The summed E-state index contributed by atoms with van der Waals surface area (Å²) in [7, 11) is 0. The van der Waals surface area contributed by atoms with Crippen LogP contribution in [0.5, 0.6) is 0 Å². The van der Waals surface area contributed by atoms with Crippen LogP contribution in [0.2, 0.25) is 5.02 Å². The lowest BCUT2D eigenvalue weighted by Gasteiger charge is -2.14. The number of hydrogen-bond acceptors (Lipinski definition) is 4. The molecule has 0 aliphatic heterocycles. The maximum atomic E-state index is 12.5. The van der Waals surface area contributed by atoms with Crippen LogP contribution in [0.1, 0.15) is 19.4 Å². The number of halogens is 1. The van der Waals surface area contributed by atoms with Crippen LogP contribution in [0.25, 0.3) is 0 Å². The molecule has 2 aromatic carbocycles. The molecule has 152 valence electrons. The SMILES string of the molecule is C/C(=C/C(=O)Nc1ccc(SC(C)C(=O)Nc2cccc(Cl)c2C)cc1)C(=O)O. The van der Waals surface area contributed by atoms with Gasteiger partial charge in [-0.3, -0.25) is 9.59 Å². The smallest absolute Gasteiger partial charge is 0.331 e. The Hall–Kier alpha value is -2.77. The van der Waals surface area contributed by atoms with Gasteiger partial charge in [-0.2, -0.15) is 0 Å². The van der Waals surface area contributed by atoms with E-state index in [9.17, 15) is 14.4 Å². The molecule has 2 rings (SSSR count). The predicted octanol–water partition coefficient (Wildman–Crippen LogP) is 4.74. The number of anilines is 2. The van der Waals surface area contributed by atoms with Gasteiger partial charge in [-0.05, 0) is 62.7 Å². The Morgan fingerprint density at radius 2 is 1.76 bits per heavy atom. The zero-order valence-corrected chi connectivity index (χ0v) is 17.7. The molecule has 8 heteroatoms. The molecule has 0 bridgehead atoms. The maximum Gasteiger partial charge on any atom is 0.331 e. The van der Waals surface area contributed by atoms with Gasteiger partial charge in [0.2, 0.25) is 11.8 Å². The van der Waals surface area contributed by atoms with Crippen LogP contribution in [0.15, 0.2) is 59.0 Å². The molecule has 29 heavy (non-hydrogen) atoms. The molecule has 0 saturated heterocycles. The molecule has 0 radical (unpaired) electrons. The number of nitrogens with one attached hydrogen (secondary N) is 2. The van der Waals surface area contributed by atoms with Gasteiger partial charge in [0.1, 0.15) is 0 Å². The molecular weight excluding hydrogens is 412 g/mol. The molecule has 0 aromatic heterocycles. The lowest BCUT2D eigenvalue weighted by molar-refractivity contribution is -0.132. The summed E-state index contributed by atoms with van der Waals surface area (Å²) < 4.78 is 0. The third-order valence-electron chi connectivity index (χ3n) is 4.01. The van der Waals surface area contributed by atoms with Gasteiger partial charge in [0.15, 0.2) is 0 Å². The minimum absolute atomic E-state index is 0.0514. The van der Waals surface area contributed by atoms with Crippen LogP contribution in [0.4, 0.5) is 11.4 Å². The molecule has 2 amide bonds. The van der Waals surface area contributed by atoms with Crippen molar-refractivity contribution in [2.45, 2.75) is 30.9 Å². The lowest BCUT2D eigenvalue weighted by atomic mass is 10.2. The summed E-state index contributed by atoms with van der Waals surface area (Å²) >= 11 is 7.46. The molecule has 0 saturated carbocycles. The largest absolute Gasteiger partial charge is 0.478 e. The Kier molecular flexibility index (Phi) is 7.87. The normalized spacial score (nSPS) is 12.2. The highest BCUT2D eigenvalue weighted by Gasteiger charge is 2.16. The molecule has 0 spiro atoms. The number of hydrogen-bond donors (Lipinski definition) is 3. The summed E-state index contributed by atoms with van der Waals surface area (Å²) in [4.78, 5) is 35.9. The van der Waals surface area contributed by atoms with E-state index in [1.165, 1.54) is 18.7 Å². The maximum absolute atomic E-state index is 12.5. The number of carbonyl (C=O) groups excluding carboxylic acids is 2. The van der Waals surface area contributed by atoms with E-state index in [2.05, 4.69) is 10.6 Å². The van der Waals surface area contributed by atoms with Gasteiger partial charge in [0, 0.05) is 32.9 Å². The number of amides is 2. The van der Waals surface area contributed by atoms with Crippen LogP contribution in [-0.4, -0.2) is 28.1 Å². The van der Waals surface area contributed by atoms with E-state index >= 15 is 0 Å². The Morgan fingerprint density at radius 1 is 1.10 bits per heavy atom. The number of rotatable bonds is 7. The third-order valence-corrected chi connectivity index (χ3v) is 5.54.